The molecule has 3 atom stereocenters. The number of piperidine rings is 1. The normalized spacial score (nSPS) is 19.8. The van der Waals surface area contributed by atoms with Gasteiger partial charge in [0.1, 0.15) is 11.6 Å². The molecular formula is C28H38F2N4O3. The van der Waals surface area contributed by atoms with Crippen molar-refractivity contribution in [3.8, 4) is 0 Å². The zero-order valence-corrected chi connectivity index (χ0v) is 22.0. The lowest BCUT2D eigenvalue weighted by Gasteiger charge is -2.44. The number of rotatable bonds is 8. The molecule has 2 aromatic carbocycles. The number of nitrogens with one attached hydrogen (secondary N) is 2. The molecule has 7 nitrogen and oxygen atoms in total. The highest BCUT2D eigenvalue weighted by Crippen LogP contribution is 2.34. The van der Waals surface area contributed by atoms with Gasteiger partial charge in [-0.3, -0.25) is 4.79 Å². The Kier molecular flexibility index (Phi) is 8.92. The van der Waals surface area contributed by atoms with Crippen molar-refractivity contribution in [3.63, 3.8) is 0 Å². The summed E-state index contributed by atoms with van der Waals surface area (Å²) < 4.78 is 27.5. The highest BCUT2D eigenvalue weighted by Gasteiger charge is 2.39. The highest BCUT2D eigenvalue weighted by molar-refractivity contribution is 5.73. The zero-order chi connectivity index (χ0) is 27.4. The van der Waals surface area contributed by atoms with E-state index in [4.69, 9.17) is 5.73 Å². The smallest absolute Gasteiger partial charge is 0.314 e. The van der Waals surface area contributed by atoms with E-state index in [2.05, 4.69) is 43.5 Å². The summed E-state index contributed by atoms with van der Waals surface area (Å²) in [5, 5.41) is 17.3. The molecule has 1 saturated heterocycles. The van der Waals surface area contributed by atoms with Crippen LogP contribution in [0, 0.1) is 11.6 Å². The van der Waals surface area contributed by atoms with Crippen molar-refractivity contribution >= 4 is 11.9 Å². The summed E-state index contributed by atoms with van der Waals surface area (Å²) in [6, 6.07) is 10.0. The van der Waals surface area contributed by atoms with Crippen molar-refractivity contribution in [1.29, 1.82) is 0 Å². The third-order valence-corrected chi connectivity index (χ3v) is 6.97. The minimum absolute atomic E-state index is 0.0387. The van der Waals surface area contributed by atoms with Crippen LogP contribution in [0.15, 0.2) is 42.5 Å². The third kappa shape index (κ3) is 7.49. The number of nitrogens with zero attached hydrogens (tertiary/aromatic N) is 1. The van der Waals surface area contributed by atoms with E-state index >= 15 is 0 Å². The quantitative estimate of drug-likeness (QED) is 0.432. The molecule has 1 aliphatic heterocycles. The molecule has 0 spiro atoms. The Balaban J connectivity index is 1.89. The molecule has 1 fully saturated rings. The van der Waals surface area contributed by atoms with Crippen molar-refractivity contribution in [1.82, 2.24) is 15.5 Å². The monoisotopic (exact) mass is 516 g/mol. The van der Waals surface area contributed by atoms with Gasteiger partial charge < -0.3 is 26.4 Å². The number of amides is 3. The van der Waals surface area contributed by atoms with Crippen molar-refractivity contribution < 1.29 is 23.5 Å². The van der Waals surface area contributed by atoms with Gasteiger partial charge in [-0.1, -0.05) is 45.0 Å². The van der Waals surface area contributed by atoms with Crippen LogP contribution in [0.25, 0.3) is 0 Å². The maximum absolute atomic E-state index is 13.7. The molecule has 1 unspecified atom stereocenters. The van der Waals surface area contributed by atoms with E-state index in [0.717, 1.165) is 17.2 Å². The van der Waals surface area contributed by atoms with Gasteiger partial charge in [0.15, 0.2) is 0 Å². The van der Waals surface area contributed by atoms with Crippen molar-refractivity contribution in [2.75, 3.05) is 19.6 Å². The lowest BCUT2D eigenvalue weighted by Crippen LogP contribution is -2.59. The second-order valence-corrected chi connectivity index (χ2v) is 11.0. The van der Waals surface area contributed by atoms with Gasteiger partial charge in [0, 0.05) is 32.6 Å². The van der Waals surface area contributed by atoms with Crippen LogP contribution >= 0.6 is 0 Å². The minimum Gasteiger partial charge on any atom is -0.390 e. The number of likely N-dealkylation sites (tertiary alicyclic amines) is 1. The maximum atomic E-state index is 13.7. The van der Waals surface area contributed by atoms with Gasteiger partial charge in [0.05, 0.1) is 17.7 Å². The summed E-state index contributed by atoms with van der Waals surface area (Å²) >= 11 is 0. The van der Waals surface area contributed by atoms with Crippen LogP contribution in [0.5, 0.6) is 0 Å². The molecule has 0 radical (unpaired) electrons. The standard InChI is InChI=1S/C28H38F2N4O3/c1-18(35)33-24(13-19-11-22(29)15-23(30)12-19)25(36)16-32-28(9-6-10-34(17-28)26(31)37)21-8-5-7-20(14-21)27(2,3)4/h5,7-8,11-12,14-15,24-25,32,36H,6,9-10,13,16-17H2,1-4H3,(H2,31,37)(H,33,35)/t24-,25+,28?/m0/s1. The fourth-order valence-electron chi connectivity index (χ4n) is 4.98. The second kappa shape index (κ2) is 11.6. The molecule has 1 aliphatic rings. The Bertz CT molecular complexity index is 1100. The van der Waals surface area contributed by atoms with Gasteiger partial charge in [0.25, 0.3) is 0 Å². The highest BCUT2D eigenvalue weighted by atomic mass is 19.1. The van der Waals surface area contributed by atoms with Crippen LogP contribution < -0.4 is 16.4 Å². The van der Waals surface area contributed by atoms with E-state index < -0.39 is 35.4 Å². The summed E-state index contributed by atoms with van der Waals surface area (Å²) in [6.45, 7) is 8.63. The molecular weight excluding hydrogens is 478 g/mol. The average Bonchev–Trinajstić information content (AvgIpc) is 2.81. The fourth-order valence-corrected chi connectivity index (χ4v) is 4.98. The fraction of sp³-hybridized carbons (Fsp3) is 0.500. The Morgan fingerprint density at radius 1 is 1.16 bits per heavy atom. The van der Waals surface area contributed by atoms with Crippen LogP contribution in [0.1, 0.15) is 57.2 Å². The molecule has 0 bridgehead atoms. The Morgan fingerprint density at radius 2 is 1.84 bits per heavy atom. The second-order valence-electron chi connectivity index (χ2n) is 11.0. The molecule has 1 heterocycles. The minimum atomic E-state index is -1.08. The van der Waals surface area contributed by atoms with E-state index in [9.17, 15) is 23.5 Å². The Morgan fingerprint density at radius 3 is 2.43 bits per heavy atom. The van der Waals surface area contributed by atoms with Crippen LogP contribution in [0.3, 0.4) is 0 Å². The van der Waals surface area contributed by atoms with Crippen LogP contribution in [0.2, 0.25) is 0 Å². The van der Waals surface area contributed by atoms with Crippen molar-refractivity contribution in [2.24, 2.45) is 5.73 Å². The number of benzene rings is 2. The van der Waals surface area contributed by atoms with E-state index in [0.29, 0.717) is 31.5 Å². The number of carbonyl (C=O) groups is 2. The number of carbonyl (C=O) groups excluding carboxylic acids is 2. The lowest BCUT2D eigenvalue weighted by atomic mass is 9.78. The molecule has 3 rings (SSSR count). The predicted octanol–water partition coefficient (Wildman–Crippen LogP) is 3.33. The largest absolute Gasteiger partial charge is 0.390 e. The molecule has 0 aliphatic carbocycles. The zero-order valence-electron chi connectivity index (χ0n) is 22.0. The van der Waals surface area contributed by atoms with Crippen LogP contribution in [-0.4, -0.2) is 53.7 Å². The van der Waals surface area contributed by atoms with Crippen molar-refractivity contribution in [3.05, 3.63) is 70.8 Å². The molecule has 0 aromatic heterocycles. The van der Waals surface area contributed by atoms with E-state index in [-0.39, 0.29) is 24.3 Å². The third-order valence-electron chi connectivity index (χ3n) is 6.97. The van der Waals surface area contributed by atoms with Crippen LogP contribution in [0.4, 0.5) is 13.6 Å². The number of hydrogen-bond acceptors (Lipinski definition) is 4. The lowest BCUT2D eigenvalue weighted by molar-refractivity contribution is -0.120. The average molecular weight is 517 g/mol. The maximum Gasteiger partial charge on any atom is 0.314 e. The topological polar surface area (TPSA) is 108 Å². The molecule has 3 amide bonds. The first-order valence-corrected chi connectivity index (χ1v) is 12.6. The van der Waals surface area contributed by atoms with Gasteiger partial charge in [-0.25, -0.2) is 13.6 Å². The summed E-state index contributed by atoms with van der Waals surface area (Å²) in [6.07, 6.45) is 0.374. The number of hydrogen-bond donors (Lipinski definition) is 4. The summed E-state index contributed by atoms with van der Waals surface area (Å²) in [7, 11) is 0. The first kappa shape index (κ1) is 28.5. The van der Waals surface area contributed by atoms with Gasteiger partial charge in [-0.05, 0) is 53.5 Å². The molecule has 37 heavy (non-hydrogen) atoms. The van der Waals surface area contributed by atoms with Gasteiger partial charge >= 0.3 is 6.03 Å². The molecule has 9 heteroatoms. The Hall–Kier alpha value is -3.04. The predicted molar refractivity (Wildman–Crippen MR) is 139 cm³/mol. The van der Waals surface area contributed by atoms with E-state index in [1.54, 1.807) is 4.90 Å². The van der Waals surface area contributed by atoms with E-state index in [1.165, 1.54) is 19.1 Å². The number of nitrogens with two attached hydrogens (primary N) is 1. The van der Waals surface area contributed by atoms with E-state index in [1.807, 2.05) is 12.1 Å². The number of aliphatic hydroxyl groups excluding tert-OH is 1. The molecule has 202 valence electrons. The number of aliphatic hydroxyl groups is 1. The van der Waals surface area contributed by atoms with Crippen molar-refractivity contribution in [2.45, 2.75) is 70.1 Å². The number of primary amides is 1. The van der Waals surface area contributed by atoms with Gasteiger partial charge in [-0.2, -0.15) is 0 Å². The van der Waals surface area contributed by atoms with Gasteiger partial charge in [0.2, 0.25) is 5.91 Å². The molecule has 2 aromatic rings. The van der Waals surface area contributed by atoms with Crippen LogP contribution in [-0.2, 0) is 22.2 Å². The number of urea groups is 1. The summed E-state index contributed by atoms with van der Waals surface area (Å²) in [5.74, 6) is -1.82. The molecule has 5 N–H and O–H groups in total. The van der Waals surface area contributed by atoms with Gasteiger partial charge in [-0.15, -0.1) is 0 Å². The summed E-state index contributed by atoms with van der Waals surface area (Å²) in [4.78, 5) is 25.6. The first-order valence-electron chi connectivity index (χ1n) is 12.6. The SMILES string of the molecule is CC(=O)N[C@@H](Cc1cc(F)cc(F)c1)[C@H](O)CNC1(c2cccc(C(C)(C)C)c2)CCCN(C(N)=O)C1. The first-order chi connectivity index (χ1) is 17.3. The molecule has 0 saturated carbocycles. The number of halogens is 2. The Labute approximate surface area is 217 Å². The summed E-state index contributed by atoms with van der Waals surface area (Å²) in [5.41, 5.74) is 7.29.